The summed E-state index contributed by atoms with van der Waals surface area (Å²) in [5.74, 6) is -1.22. The quantitative estimate of drug-likeness (QED) is 0.605. The van der Waals surface area contributed by atoms with E-state index >= 15 is 0 Å². The zero-order chi connectivity index (χ0) is 15.1. The average molecular weight is 303 g/mol. The zero-order valence-electron chi connectivity index (χ0n) is 10.5. The Balaban J connectivity index is 2.56. The number of benzene rings is 1. The molecule has 106 valence electrons. The van der Waals surface area contributed by atoms with Gasteiger partial charge >= 0.3 is 6.18 Å². The van der Waals surface area contributed by atoms with Gasteiger partial charge in [-0.05, 0) is 25.1 Å². The topological polar surface area (TPSA) is 30.0 Å². The van der Waals surface area contributed by atoms with Crippen LogP contribution in [0.3, 0.4) is 0 Å². The molecule has 0 saturated heterocycles. The summed E-state index contributed by atoms with van der Waals surface area (Å²) in [4.78, 5) is 15.7. The van der Waals surface area contributed by atoms with Crippen LogP contribution in [0.15, 0.2) is 18.2 Å². The monoisotopic (exact) mass is 303 g/mol. The molecule has 0 atom stereocenters. The van der Waals surface area contributed by atoms with Gasteiger partial charge in [-0.1, -0.05) is 0 Å². The van der Waals surface area contributed by atoms with E-state index in [2.05, 4.69) is 4.98 Å². The van der Waals surface area contributed by atoms with Crippen LogP contribution in [0, 0.1) is 12.7 Å². The number of rotatable bonds is 2. The number of hydrogen-bond donors (Lipinski definition) is 0. The van der Waals surface area contributed by atoms with Crippen molar-refractivity contribution in [3.8, 4) is 10.6 Å². The summed E-state index contributed by atoms with van der Waals surface area (Å²) in [6.45, 7) is 2.93. The van der Waals surface area contributed by atoms with Crippen molar-refractivity contribution in [1.82, 2.24) is 4.98 Å². The van der Waals surface area contributed by atoms with E-state index < -0.39 is 17.6 Å². The molecule has 0 radical (unpaired) electrons. The Morgan fingerprint density at radius 2 is 1.90 bits per heavy atom. The summed E-state index contributed by atoms with van der Waals surface area (Å²) in [6, 6.07) is 2.22. The van der Waals surface area contributed by atoms with Crippen molar-refractivity contribution in [2.75, 3.05) is 0 Å². The van der Waals surface area contributed by atoms with Gasteiger partial charge in [-0.15, -0.1) is 11.3 Å². The van der Waals surface area contributed by atoms with E-state index in [1.54, 1.807) is 6.92 Å². The number of alkyl halides is 3. The third-order valence-corrected chi connectivity index (χ3v) is 3.90. The van der Waals surface area contributed by atoms with Crippen LogP contribution in [0.25, 0.3) is 10.6 Å². The van der Waals surface area contributed by atoms with Crippen molar-refractivity contribution in [3.05, 3.63) is 40.2 Å². The van der Waals surface area contributed by atoms with Gasteiger partial charge in [0.25, 0.3) is 0 Å². The number of ketones is 1. The summed E-state index contributed by atoms with van der Waals surface area (Å²) in [5, 5.41) is 0.192. The van der Waals surface area contributed by atoms with Crippen LogP contribution >= 0.6 is 11.3 Å². The maximum absolute atomic E-state index is 13.3. The number of Topliss-reactive ketones (excluding diaryl/α,β-unsaturated/α-hetero) is 1. The molecule has 7 heteroatoms. The second-order valence-electron chi connectivity index (χ2n) is 4.22. The molecule has 0 unspecified atom stereocenters. The van der Waals surface area contributed by atoms with Crippen molar-refractivity contribution in [2.45, 2.75) is 20.0 Å². The highest BCUT2D eigenvalue weighted by Crippen LogP contribution is 2.35. The molecule has 2 aromatic rings. The molecule has 1 heterocycles. The Morgan fingerprint density at radius 1 is 1.25 bits per heavy atom. The number of carbonyl (C=O) groups is 1. The molecule has 0 saturated carbocycles. The van der Waals surface area contributed by atoms with Gasteiger partial charge < -0.3 is 0 Å². The summed E-state index contributed by atoms with van der Waals surface area (Å²) in [6.07, 6.45) is -4.63. The molecule has 2 nitrogen and oxygen atoms in total. The summed E-state index contributed by atoms with van der Waals surface area (Å²) < 4.78 is 51.2. The van der Waals surface area contributed by atoms with E-state index in [1.165, 1.54) is 6.92 Å². The van der Waals surface area contributed by atoms with Crippen LogP contribution in [0.1, 0.15) is 27.9 Å². The van der Waals surface area contributed by atoms with Gasteiger partial charge in [0, 0.05) is 12.5 Å². The summed E-state index contributed by atoms with van der Waals surface area (Å²) in [7, 11) is 0. The Morgan fingerprint density at radius 3 is 2.40 bits per heavy atom. The van der Waals surface area contributed by atoms with Crippen LogP contribution < -0.4 is 0 Å². The number of thiazole rings is 1. The fraction of sp³-hybridized carbons (Fsp3) is 0.231. The Labute approximate surface area is 116 Å². The van der Waals surface area contributed by atoms with E-state index in [1.807, 2.05) is 0 Å². The van der Waals surface area contributed by atoms with Gasteiger partial charge in [0.05, 0.1) is 16.1 Å². The van der Waals surface area contributed by atoms with Crippen LogP contribution in [0.4, 0.5) is 17.6 Å². The lowest BCUT2D eigenvalue weighted by Gasteiger charge is -2.08. The minimum Gasteiger partial charge on any atom is -0.294 e. The van der Waals surface area contributed by atoms with Crippen molar-refractivity contribution >= 4 is 17.1 Å². The highest BCUT2D eigenvalue weighted by Gasteiger charge is 2.31. The van der Waals surface area contributed by atoms with E-state index in [-0.39, 0.29) is 16.4 Å². The first-order valence-corrected chi connectivity index (χ1v) is 6.36. The van der Waals surface area contributed by atoms with Crippen LogP contribution in [-0.4, -0.2) is 10.8 Å². The molecule has 1 aromatic carbocycles. The number of aromatic nitrogens is 1. The minimum absolute atomic E-state index is 0.0120. The van der Waals surface area contributed by atoms with Crippen molar-refractivity contribution in [2.24, 2.45) is 0 Å². The normalized spacial score (nSPS) is 11.7. The number of halogens is 4. The van der Waals surface area contributed by atoms with Crippen LogP contribution in [0.2, 0.25) is 0 Å². The SMILES string of the molecule is CC(=O)c1sc(-c2cc(F)cc(C(F)(F)F)c2)nc1C. The molecule has 0 fully saturated rings. The Hall–Kier alpha value is -1.76. The highest BCUT2D eigenvalue weighted by atomic mass is 32.1. The van der Waals surface area contributed by atoms with Crippen molar-refractivity contribution < 1.29 is 22.4 Å². The molecule has 0 N–H and O–H groups in total. The standard InChI is InChI=1S/C13H9F4NOS/c1-6-11(7(2)19)20-12(18-6)8-3-9(13(15,16)17)5-10(14)4-8/h3-5H,1-2H3. The first kappa shape index (κ1) is 14.6. The predicted octanol–water partition coefficient (Wildman–Crippen LogP) is 4.48. The summed E-state index contributed by atoms with van der Waals surface area (Å²) >= 11 is 0.954. The smallest absolute Gasteiger partial charge is 0.294 e. The Bertz CT molecular complexity index is 675. The molecule has 2 rings (SSSR count). The number of hydrogen-bond acceptors (Lipinski definition) is 3. The second-order valence-corrected chi connectivity index (χ2v) is 5.22. The van der Waals surface area contributed by atoms with Gasteiger partial charge in [-0.2, -0.15) is 13.2 Å². The minimum atomic E-state index is -4.63. The molecule has 0 aliphatic heterocycles. The maximum atomic E-state index is 13.3. The van der Waals surface area contributed by atoms with E-state index in [4.69, 9.17) is 0 Å². The zero-order valence-corrected chi connectivity index (χ0v) is 11.3. The third-order valence-electron chi connectivity index (χ3n) is 2.59. The molecule has 20 heavy (non-hydrogen) atoms. The highest BCUT2D eigenvalue weighted by molar-refractivity contribution is 7.17. The molecule has 0 amide bonds. The lowest BCUT2D eigenvalue weighted by Crippen LogP contribution is -2.05. The fourth-order valence-electron chi connectivity index (χ4n) is 1.72. The largest absolute Gasteiger partial charge is 0.416 e. The molecular weight excluding hydrogens is 294 g/mol. The van der Waals surface area contributed by atoms with Gasteiger partial charge in [0.15, 0.2) is 5.78 Å². The molecule has 0 spiro atoms. The van der Waals surface area contributed by atoms with E-state index in [9.17, 15) is 22.4 Å². The lowest BCUT2D eigenvalue weighted by atomic mass is 10.1. The van der Waals surface area contributed by atoms with Crippen molar-refractivity contribution in [3.63, 3.8) is 0 Å². The lowest BCUT2D eigenvalue weighted by molar-refractivity contribution is -0.137. The van der Waals surface area contributed by atoms with E-state index in [0.717, 1.165) is 23.5 Å². The predicted molar refractivity (Wildman–Crippen MR) is 67.3 cm³/mol. The maximum Gasteiger partial charge on any atom is 0.416 e. The number of carbonyl (C=O) groups excluding carboxylic acids is 1. The average Bonchev–Trinajstić information content (AvgIpc) is 2.69. The molecule has 0 bridgehead atoms. The summed E-state index contributed by atoms with van der Waals surface area (Å²) in [5.41, 5.74) is -0.641. The molecule has 0 aliphatic rings. The van der Waals surface area contributed by atoms with Gasteiger partial charge in [0.2, 0.25) is 0 Å². The van der Waals surface area contributed by atoms with Crippen LogP contribution in [-0.2, 0) is 6.18 Å². The Kier molecular flexibility index (Phi) is 3.64. The molecule has 1 aromatic heterocycles. The fourth-order valence-corrected chi connectivity index (χ4v) is 2.67. The first-order chi connectivity index (χ1) is 9.18. The third kappa shape index (κ3) is 2.87. The first-order valence-electron chi connectivity index (χ1n) is 5.55. The van der Waals surface area contributed by atoms with Gasteiger partial charge in [-0.25, -0.2) is 9.37 Å². The van der Waals surface area contributed by atoms with Gasteiger partial charge in [0.1, 0.15) is 10.8 Å². The molecule has 0 aliphatic carbocycles. The van der Waals surface area contributed by atoms with Gasteiger partial charge in [-0.3, -0.25) is 4.79 Å². The van der Waals surface area contributed by atoms with Crippen LogP contribution in [0.5, 0.6) is 0 Å². The number of aryl methyl sites for hydroxylation is 1. The van der Waals surface area contributed by atoms with E-state index in [0.29, 0.717) is 16.6 Å². The second kappa shape index (κ2) is 4.97. The molecular formula is C13H9F4NOS. The van der Waals surface area contributed by atoms with Crippen molar-refractivity contribution in [1.29, 1.82) is 0 Å². The number of nitrogens with zero attached hydrogens (tertiary/aromatic N) is 1.